The average Bonchev–Trinajstić information content (AvgIpc) is 3.34. The van der Waals surface area contributed by atoms with Crippen LogP contribution in [0.1, 0.15) is 81.0 Å². The lowest BCUT2D eigenvalue weighted by Crippen LogP contribution is -2.46. The van der Waals surface area contributed by atoms with E-state index in [9.17, 15) is 4.79 Å². The third-order valence-electron chi connectivity index (χ3n) is 7.21. The summed E-state index contributed by atoms with van der Waals surface area (Å²) in [5, 5.41) is 0. The molecule has 5 heteroatoms. The molecule has 1 atom stereocenters. The van der Waals surface area contributed by atoms with Crippen LogP contribution in [-0.4, -0.2) is 53.4 Å². The van der Waals surface area contributed by atoms with Gasteiger partial charge in [0.1, 0.15) is 5.76 Å². The molecule has 1 aromatic heterocycles. The molecule has 3 fully saturated rings. The minimum atomic E-state index is 0.0665. The molecule has 0 N–H and O–H groups in total. The van der Waals surface area contributed by atoms with Crippen molar-refractivity contribution in [3.63, 3.8) is 0 Å². The summed E-state index contributed by atoms with van der Waals surface area (Å²) in [6.07, 6.45) is 14.4. The van der Waals surface area contributed by atoms with E-state index in [1.165, 1.54) is 77.4 Å². The Labute approximate surface area is 163 Å². The van der Waals surface area contributed by atoms with Crippen molar-refractivity contribution in [2.75, 3.05) is 32.7 Å². The van der Waals surface area contributed by atoms with E-state index >= 15 is 0 Å². The van der Waals surface area contributed by atoms with E-state index in [1.807, 2.05) is 11.8 Å². The molecule has 27 heavy (non-hydrogen) atoms. The van der Waals surface area contributed by atoms with E-state index in [4.69, 9.17) is 4.42 Å². The Bertz CT molecular complexity index is 637. The molecular formula is C22H35N3O2. The Morgan fingerprint density at radius 1 is 1.19 bits per heavy atom. The number of amides is 1. The number of hydrogen-bond acceptors (Lipinski definition) is 4. The third kappa shape index (κ3) is 4.23. The second-order valence-electron chi connectivity index (χ2n) is 9.13. The smallest absolute Gasteiger partial charge is 0.276 e. The van der Waals surface area contributed by atoms with Crippen molar-refractivity contribution < 1.29 is 9.21 Å². The lowest BCUT2D eigenvalue weighted by Gasteiger charge is -2.41. The SMILES string of the molecule is CCc1ocnc1C(=O)N1CCC2(CCCN(CCC3CCCCC3)C2)C1. The van der Waals surface area contributed by atoms with Gasteiger partial charge in [0, 0.05) is 31.5 Å². The number of oxazole rings is 1. The summed E-state index contributed by atoms with van der Waals surface area (Å²) in [6.45, 7) is 7.43. The van der Waals surface area contributed by atoms with E-state index in [-0.39, 0.29) is 5.91 Å². The van der Waals surface area contributed by atoms with Gasteiger partial charge in [0.2, 0.25) is 0 Å². The molecule has 2 saturated heterocycles. The van der Waals surface area contributed by atoms with Gasteiger partial charge in [0.05, 0.1) is 0 Å². The standard InChI is InChI=1S/C22H35N3O2/c1-2-19-20(23-17-27-19)21(26)25-14-11-22(16-25)10-6-12-24(15-22)13-9-18-7-4-3-5-8-18/h17-18H,2-16H2,1H3. The average molecular weight is 374 g/mol. The predicted octanol–water partition coefficient (Wildman–Crippen LogP) is 4.14. The van der Waals surface area contributed by atoms with Crippen LogP contribution in [0.15, 0.2) is 10.8 Å². The first-order valence-corrected chi connectivity index (χ1v) is 11.1. The third-order valence-corrected chi connectivity index (χ3v) is 7.21. The van der Waals surface area contributed by atoms with Gasteiger partial charge in [-0.05, 0) is 44.7 Å². The van der Waals surface area contributed by atoms with Crippen molar-refractivity contribution in [3.05, 3.63) is 17.8 Å². The Balaban J connectivity index is 1.32. The summed E-state index contributed by atoms with van der Waals surface area (Å²) in [5.41, 5.74) is 0.829. The summed E-state index contributed by atoms with van der Waals surface area (Å²) in [5.74, 6) is 1.74. The van der Waals surface area contributed by atoms with E-state index in [0.29, 0.717) is 11.1 Å². The number of carbonyl (C=O) groups excluding carboxylic acids is 1. The van der Waals surface area contributed by atoms with E-state index in [0.717, 1.165) is 37.6 Å². The van der Waals surface area contributed by atoms with Crippen molar-refractivity contribution in [3.8, 4) is 0 Å². The molecule has 1 amide bonds. The topological polar surface area (TPSA) is 49.6 Å². The molecule has 5 nitrogen and oxygen atoms in total. The van der Waals surface area contributed by atoms with Crippen LogP contribution in [0, 0.1) is 11.3 Å². The molecule has 3 heterocycles. The number of hydrogen-bond donors (Lipinski definition) is 0. The largest absolute Gasteiger partial charge is 0.448 e. The van der Waals surface area contributed by atoms with Gasteiger partial charge >= 0.3 is 0 Å². The molecule has 3 aliphatic rings. The van der Waals surface area contributed by atoms with Gasteiger partial charge in [-0.25, -0.2) is 4.98 Å². The number of nitrogens with zero attached hydrogens (tertiary/aromatic N) is 3. The molecule has 4 rings (SSSR count). The summed E-state index contributed by atoms with van der Waals surface area (Å²) in [6, 6.07) is 0. The molecule has 0 radical (unpaired) electrons. The number of rotatable bonds is 5. The van der Waals surface area contributed by atoms with Crippen LogP contribution in [0.4, 0.5) is 0 Å². The van der Waals surface area contributed by atoms with Gasteiger partial charge in [-0.1, -0.05) is 39.0 Å². The van der Waals surface area contributed by atoms with Crippen LogP contribution in [0.2, 0.25) is 0 Å². The van der Waals surface area contributed by atoms with Crippen molar-refractivity contribution in [1.29, 1.82) is 0 Å². The first kappa shape index (κ1) is 19.0. The minimum Gasteiger partial charge on any atom is -0.448 e. The van der Waals surface area contributed by atoms with Gasteiger partial charge in [-0.2, -0.15) is 0 Å². The highest BCUT2D eigenvalue weighted by molar-refractivity contribution is 5.93. The van der Waals surface area contributed by atoms with Gasteiger partial charge in [-0.3, -0.25) is 4.79 Å². The van der Waals surface area contributed by atoms with Crippen molar-refractivity contribution in [2.24, 2.45) is 11.3 Å². The van der Waals surface area contributed by atoms with E-state index < -0.39 is 0 Å². The number of aryl methyl sites for hydroxylation is 1. The zero-order valence-corrected chi connectivity index (χ0v) is 16.9. The van der Waals surface area contributed by atoms with E-state index in [1.54, 1.807) is 0 Å². The van der Waals surface area contributed by atoms with Crippen molar-refractivity contribution in [2.45, 2.75) is 71.1 Å². The minimum absolute atomic E-state index is 0.0665. The molecular weight excluding hydrogens is 338 g/mol. The number of carbonyl (C=O) groups is 1. The first-order chi connectivity index (χ1) is 13.2. The molecule has 1 aliphatic carbocycles. The van der Waals surface area contributed by atoms with E-state index in [2.05, 4.69) is 9.88 Å². The second-order valence-corrected chi connectivity index (χ2v) is 9.13. The molecule has 150 valence electrons. The maximum absolute atomic E-state index is 12.9. The fourth-order valence-electron chi connectivity index (χ4n) is 5.63. The molecule has 1 spiro atoms. The van der Waals surface area contributed by atoms with Gasteiger partial charge in [0.25, 0.3) is 5.91 Å². The van der Waals surface area contributed by atoms with Crippen molar-refractivity contribution >= 4 is 5.91 Å². The Hall–Kier alpha value is -1.36. The van der Waals surface area contributed by atoms with Crippen molar-refractivity contribution in [1.82, 2.24) is 14.8 Å². The number of aromatic nitrogens is 1. The lowest BCUT2D eigenvalue weighted by molar-refractivity contribution is 0.0669. The monoisotopic (exact) mass is 373 g/mol. The quantitative estimate of drug-likeness (QED) is 0.778. The lowest BCUT2D eigenvalue weighted by atomic mass is 9.79. The van der Waals surface area contributed by atoms with Gasteiger partial charge in [-0.15, -0.1) is 0 Å². The highest BCUT2D eigenvalue weighted by atomic mass is 16.3. The van der Waals surface area contributed by atoms with Crippen LogP contribution in [0.25, 0.3) is 0 Å². The molecule has 1 saturated carbocycles. The maximum atomic E-state index is 12.9. The van der Waals surface area contributed by atoms with Crippen LogP contribution < -0.4 is 0 Å². The fourth-order valence-corrected chi connectivity index (χ4v) is 5.63. The molecule has 0 bridgehead atoms. The predicted molar refractivity (Wildman–Crippen MR) is 106 cm³/mol. The molecule has 1 aromatic rings. The first-order valence-electron chi connectivity index (χ1n) is 11.1. The van der Waals surface area contributed by atoms with Crippen LogP contribution >= 0.6 is 0 Å². The Morgan fingerprint density at radius 2 is 2.04 bits per heavy atom. The highest BCUT2D eigenvalue weighted by Gasteiger charge is 2.43. The normalized spacial score (nSPS) is 27.5. The number of piperidine rings is 1. The zero-order chi connectivity index (χ0) is 18.7. The summed E-state index contributed by atoms with van der Waals surface area (Å²) >= 11 is 0. The summed E-state index contributed by atoms with van der Waals surface area (Å²) in [7, 11) is 0. The Morgan fingerprint density at radius 3 is 2.85 bits per heavy atom. The van der Waals surface area contributed by atoms with Crippen LogP contribution in [0.5, 0.6) is 0 Å². The summed E-state index contributed by atoms with van der Waals surface area (Å²) < 4.78 is 5.37. The molecule has 1 unspecified atom stereocenters. The van der Waals surface area contributed by atoms with Crippen LogP contribution in [-0.2, 0) is 6.42 Å². The van der Waals surface area contributed by atoms with Crippen LogP contribution in [0.3, 0.4) is 0 Å². The highest BCUT2D eigenvalue weighted by Crippen LogP contribution is 2.40. The fraction of sp³-hybridized carbons (Fsp3) is 0.818. The van der Waals surface area contributed by atoms with Gasteiger partial charge in [0.15, 0.2) is 12.1 Å². The summed E-state index contributed by atoms with van der Waals surface area (Å²) in [4.78, 5) is 21.8. The number of likely N-dealkylation sites (tertiary alicyclic amines) is 2. The molecule has 0 aromatic carbocycles. The maximum Gasteiger partial charge on any atom is 0.276 e. The Kier molecular flexibility index (Phi) is 5.86. The second kappa shape index (κ2) is 8.34. The van der Waals surface area contributed by atoms with Gasteiger partial charge < -0.3 is 14.2 Å². The molecule has 2 aliphatic heterocycles. The zero-order valence-electron chi connectivity index (χ0n) is 16.9.